The number of rotatable bonds is 5. The fourth-order valence-electron chi connectivity index (χ4n) is 2.51. The van der Waals surface area contributed by atoms with Crippen LogP contribution in [0.5, 0.6) is 0 Å². The molecule has 1 aliphatic heterocycles. The molecule has 1 saturated heterocycles. The van der Waals surface area contributed by atoms with Crippen LogP contribution in [-0.2, 0) is 9.53 Å². The van der Waals surface area contributed by atoms with Gasteiger partial charge in [0.1, 0.15) is 6.17 Å². The predicted molar refractivity (Wildman–Crippen MR) is 79.6 cm³/mol. The largest absolute Gasteiger partial charge is 0.380 e. The van der Waals surface area contributed by atoms with E-state index in [1.165, 1.54) is 0 Å². The first kappa shape index (κ1) is 15.3. The van der Waals surface area contributed by atoms with E-state index in [-0.39, 0.29) is 24.2 Å². The number of carbonyl (C=O) groups excluding carboxylic acids is 1. The van der Waals surface area contributed by atoms with Gasteiger partial charge < -0.3 is 9.64 Å². The first-order chi connectivity index (χ1) is 9.54. The molecule has 0 spiro atoms. The van der Waals surface area contributed by atoms with Gasteiger partial charge in [-0.1, -0.05) is 23.7 Å². The van der Waals surface area contributed by atoms with E-state index in [4.69, 9.17) is 16.3 Å². The van der Waals surface area contributed by atoms with Gasteiger partial charge in [0.15, 0.2) is 0 Å². The highest BCUT2D eigenvalue weighted by molar-refractivity contribution is 6.30. The first-order valence-electron chi connectivity index (χ1n) is 6.96. The number of hydrogen-bond acceptors (Lipinski definition) is 3. The SMILES string of the molecule is CCOCC(C)N1C(=O)C(C)NC1c1cccc(Cl)c1. The molecule has 3 atom stereocenters. The van der Waals surface area contributed by atoms with Gasteiger partial charge in [-0.3, -0.25) is 10.1 Å². The molecule has 1 aromatic rings. The average Bonchev–Trinajstić information content (AvgIpc) is 2.72. The van der Waals surface area contributed by atoms with Crippen LogP contribution in [0.3, 0.4) is 0 Å². The molecule has 0 aliphatic carbocycles. The van der Waals surface area contributed by atoms with Gasteiger partial charge in [-0.25, -0.2) is 0 Å². The van der Waals surface area contributed by atoms with Crippen LogP contribution >= 0.6 is 11.6 Å². The molecule has 3 unspecified atom stereocenters. The van der Waals surface area contributed by atoms with E-state index in [1.807, 2.05) is 49.9 Å². The molecule has 1 fully saturated rings. The Morgan fingerprint density at radius 1 is 1.50 bits per heavy atom. The lowest BCUT2D eigenvalue weighted by molar-refractivity contribution is -0.133. The maximum atomic E-state index is 12.4. The summed E-state index contributed by atoms with van der Waals surface area (Å²) >= 11 is 6.05. The van der Waals surface area contributed by atoms with Crippen LogP contribution in [0.25, 0.3) is 0 Å². The fraction of sp³-hybridized carbons (Fsp3) is 0.533. The second-order valence-electron chi connectivity index (χ2n) is 5.10. The maximum Gasteiger partial charge on any atom is 0.241 e. The molecule has 1 N–H and O–H groups in total. The van der Waals surface area contributed by atoms with Crippen molar-refractivity contribution in [3.63, 3.8) is 0 Å². The fourth-order valence-corrected chi connectivity index (χ4v) is 2.71. The number of benzene rings is 1. The monoisotopic (exact) mass is 296 g/mol. The Labute approximate surface area is 125 Å². The van der Waals surface area contributed by atoms with Gasteiger partial charge in [0.2, 0.25) is 5.91 Å². The highest BCUT2D eigenvalue weighted by atomic mass is 35.5. The third-order valence-corrected chi connectivity index (χ3v) is 3.75. The highest BCUT2D eigenvalue weighted by Crippen LogP contribution is 2.29. The molecule has 5 heteroatoms. The number of nitrogens with zero attached hydrogens (tertiary/aromatic N) is 1. The lowest BCUT2D eigenvalue weighted by Crippen LogP contribution is -2.41. The van der Waals surface area contributed by atoms with Crippen LogP contribution in [0.2, 0.25) is 5.02 Å². The molecular formula is C15H21ClN2O2. The molecule has 1 amide bonds. The summed E-state index contributed by atoms with van der Waals surface area (Å²) in [5.41, 5.74) is 0.999. The average molecular weight is 297 g/mol. The topological polar surface area (TPSA) is 41.6 Å². The van der Waals surface area contributed by atoms with E-state index >= 15 is 0 Å². The highest BCUT2D eigenvalue weighted by Gasteiger charge is 2.39. The van der Waals surface area contributed by atoms with Crippen molar-refractivity contribution in [2.75, 3.05) is 13.2 Å². The first-order valence-corrected chi connectivity index (χ1v) is 7.33. The van der Waals surface area contributed by atoms with Gasteiger partial charge >= 0.3 is 0 Å². The zero-order valence-corrected chi connectivity index (χ0v) is 12.9. The van der Waals surface area contributed by atoms with Gasteiger partial charge in [-0.15, -0.1) is 0 Å². The summed E-state index contributed by atoms with van der Waals surface area (Å²) in [4.78, 5) is 14.2. The number of amides is 1. The van der Waals surface area contributed by atoms with Crippen LogP contribution in [0.15, 0.2) is 24.3 Å². The summed E-state index contributed by atoms with van der Waals surface area (Å²) in [6.07, 6.45) is -0.147. The maximum absolute atomic E-state index is 12.4. The van der Waals surface area contributed by atoms with Crippen molar-refractivity contribution in [2.24, 2.45) is 0 Å². The standard InChI is InChI=1S/C15H21ClN2O2/c1-4-20-9-10(2)18-14(17-11(3)15(18)19)12-6-5-7-13(16)8-12/h5-8,10-11,14,17H,4,9H2,1-3H3. The van der Waals surface area contributed by atoms with Crippen molar-refractivity contribution in [1.82, 2.24) is 10.2 Å². The van der Waals surface area contributed by atoms with Gasteiger partial charge in [0.05, 0.1) is 18.7 Å². The Hall–Kier alpha value is -1.10. The molecule has 0 aromatic heterocycles. The second kappa shape index (κ2) is 6.57. The Morgan fingerprint density at radius 3 is 2.90 bits per heavy atom. The minimum Gasteiger partial charge on any atom is -0.380 e. The third-order valence-electron chi connectivity index (χ3n) is 3.51. The van der Waals surface area contributed by atoms with E-state index in [1.54, 1.807) is 0 Å². The van der Waals surface area contributed by atoms with E-state index in [0.29, 0.717) is 18.2 Å². The number of halogens is 1. The molecule has 2 rings (SSSR count). The lowest BCUT2D eigenvalue weighted by Gasteiger charge is -2.30. The molecule has 1 aliphatic rings. The molecule has 4 nitrogen and oxygen atoms in total. The minimum atomic E-state index is -0.192. The van der Waals surface area contributed by atoms with Crippen molar-refractivity contribution < 1.29 is 9.53 Å². The molecule has 0 bridgehead atoms. The van der Waals surface area contributed by atoms with Gasteiger partial charge in [0.25, 0.3) is 0 Å². The van der Waals surface area contributed by atoms with E-state index in [2.05, 4.69) is 5.32 Å². The second-order valence-corrected chi connectivity index (χ2v) is 5.54. The van der Waals surface area contributed by atoms with Gasteiger partial charge in [0, 0.05) is 11.6 Å². The number of hydrogen-bond donors (Lipinski definition) is 1. The van der Waals surface area contributed by atoms with Crippen molar-refractivity contribution in [3.8, 4) is 0 Å². The Kier molecular flexibility index (Phi) is 5.02. The zero-order valence-electron chi connectivity index (χ0n) is 12.1. The summed E-state index contributed by atoms with van der Waals surface area (Å²) < 4.78 is 5.45. The van der Waals surface area contributed by atoms with Crippen molar-refractivity contribution >= 4 is 17.5 Å². The smallest absolute Gasteiger partial charge is 0.241 e. The van der Waals surface area contributed by atoms with Crippen molar-refractivity contribution in [2.45, 2.75) is 39.0 Å². The molecule has 110 valence electrons. The van der Waals surface area contributed by atoms with Crippen LogP contribution in [-0.4, -0.2) is 36.1 Å². The Morgan fingerprint density at radius 2 is 2.25 bits per heavy atom. The zero-order chi connectivity index (χ0) is 14.7. The van der Waals surface area contributed by atoms with Crippen LogP contribution in [0.1, 0.15) is 32.5 Å². The Bertz CT molecular complexity index is 481. The summed E-state index contributed by atoms with van der Waals surface area (Å²) in [6.45, 7) is 7.02. The summed E-state index contributed by atoms with van der Waals surface area (Å²) in [7, 11) is 0. The third kappa shape index (κ3) is 3.14. The van der Waals surface area contributed by atoms with Crippen LogP contribution in [0.4, 0.5) is 0 Å². The van der Waals surface area contributed by atoms with E-state index < -0.39 is 0 Å². The number of carbonyl (C=O) groups is 1. The summed E-state index contributed by atoms with van der Waals surface area (Å²) in [6, 6.07) is 7.43. The molecular weight excluding hydrogens is 276 g/mol. The summed E-state index contributed by atoms with van der Waals surface area (Å²) in [5, 5.41) is 3.99. The Balaban J connectivity index is 2.23. The molecule has 1 aromatic carbocycles. The molecule has 20 heavy (non-hydrogen) atoms. The summed E-state index contributed by atoms with van der Waals surface area (Å²) in [5.74, 6) is 0.0992. The van der Waals surface area contributed by atoms with Gasteiger partial charge in [-0.2, -0.15) is 0 Å². The number of ether oxygens (including phenoxy) is 1. The van der Waals surface area contributed by atoms with Crippen LogP contribution < -0.4 is 5.32 Å². The normalized spacial score (nSPS) is 24.2. The molecule has 0 saturated carbocycles. The lowest BCUT2D eigenvalue weighted by atomic mass is 10.1. The van der Waals surface area contributed by atoms with Gasteiger partial charge in [-0.05, 0) is 38.5 Å². The van der Waals surface area contributed by atoms with Crippen molar-refractivity contribution in [1.29, 1.82) is 0 Å². The van der Waals surface area contributed by atoms with Crippen LogP contribution in [0, 0.1) is 0 Å². The van der Waals surface area contributed by atoms with E-state index in [0.717, 1.165) is 5.56 Å². The number of nitrogens with one attached hydrogen (secondary N) is 1. The van der Waals surface area contributed by atoms with E-state index in [9.17, 15) is 4.79 Å². The molecule has 0 radical (unpaired) electrons. The molecule has 1 heterocycles. The predicted octanol–water partition coefficient (Wildman–Crippen LogP) is 2.58. The quantitative estimate of drug-likeness (QED) is 0.908. The van der Waals surface area contributed by atoms with Crippen molar-refractivity contribution in [3.05, 3.63) is 34.9 Å². The minimum absolute atomic E-state index is 0.0175.